The summed E-state index contributed by atoms with van der Waals surface area (Å²) in [6.07, 6.45) is 0.587. The second-order valence-corrected chi connectivity index (χ2v) is 5.87. The van der Waals surface area contributed by atoms with Crippen molar-refractivity contribution in [2.24, 2.45) is 11.3 Å². The minimum absolute atomic E-state index is 0.0138. The molecule has 104 valence electrons. The lowest BCUT2D eigenvalue weighted by molar-refractivity contribution is 0.0000214. The van der Waals surface area contributed by atoms with Crippen LogP contribution in [0.2, 0.25) is 0 Å². The topological polar surface area (TPSA) is 35.5 Å². The summed E-state index contributed by atoms with van der Waals surface area (Å²) in [6, 6.07) is 0. The quantitative estimate of drug-likeness (QED) is 0.680. The molecule has 0 saturated carbocycles. The standard InChI is InChI=1S/C11H22O3.C3H8/c1-8(2)9(3)14-10(12)13-7-11(4,5)6;1-3-2/h8-9H,7H2,1-6H3;3H2,1-2H3. The average Bonchev–Trinajstić information content (AvgIpc) is 2.14. The Balaban J connectivity index is 0. The molecule has 3 heteroatoms. The first-order valence-electron chi connectivity index (χ1n) is 6.47. The molecule has 0 bridgehead atoms. The lowest BCUT2D eigenvalue weighted by Gasteiger charge is -2.20. The Morgan fingerprint density at radius 2 is 1.53 bits per heavy atom. The summed E-state index contributed by atoms with van der Waals surface area (Å²) in [4.78, 5) is 11.2. The monoisotopic (exact) mass is 246 g/mol. The van der Waals surface area contributed by atoms with E-state index in [9.17, 15) is 4.79 Å². The van der Waals surface area contributed by atoms with Crippen molar-refractivity contribution in [1.29, 1.82) is 0 Å². The molecule has 0 aliphatic carbocycles. The van der Waals surface area contributed by atoms with Crippen LogP contribution in [-0.2, 0) is 9.47 Å². The van der Waals surface area contributed by atoms with Crippen LogP contribution in [0.3, 0.4) is 0 Å². The number of rotatable bonds is 3. The van der Waals surface area contributed by atoms with E-state index in [1.54, 1.807) is 0 Å². The van der Waals surface area contributed by atoms with Gasteiger partial charge in [0.25, 0.3) is 0 Å². The van der Waals surface area contributed by atoms with Gasteiger partial charge in [0.05, 0.1) is 6.61 Å². The summed E-state index contributed by atoms with van der Waals surface area (Å²) >= 11 is 0. The Morgan fingerprint density at radius 1 is 1.12 bits per heavy atom. The summed E-state index contributed by atoms with van der Waals surface area (Å²) in [5.74, 6) is 0.317. The summed E-state index contributed by atoms with van der Waals surface area (Å²) in [6.45, 7) is 16.5. The van der Waals surface area contributed by atoms with Crippen LogP contribution >= 0.6 is 0 Å². The molecule has 0 spiro atoms. The minimum atomic E-state index is -0.568. The van der Waals surface area contributed by atoms with Crippen molar-refractivity contribution in [3.8, 4) is 0 Å². The third kappa shape index (κ3) is 15.3. The van der Waals surface area contributed by atoms with Crippen molar-refractivity contribution in [3.05, 3.63) is 0 Å². The highest BCUT2D eigenvalue weighted by molar-refractivity contribution is 5.60. The van der Waals surface area contributed by atoms with Gasteiger partial charge < -0.3 is 9.47 Å². The van der Waals surface area contributed by atoms with Crippen LogP contribution in [0, 0.1) is 11.3 Å². The van der Waals surface area contributed by atoms with E-state index in [1.807, 2.05) is 41.5 Å². The zero-order chi connectivity index (χ0) is 14.1. The summed E-state index contributed by atoms with van der Waals surface area (Å²) in [5, 5.41) is 0. The van der Waals surface area contributed by atoms with E-state index in [4.69, 9.17) is 9.47 Å². The normalized spacial score (nSPS) is 12.5. The zero-order valence-electron chi connectivity index (χ0n) is 12.8. The molecule has 0 aliphatic rings. The highest BCUT2D eigenvalue weighted by Crippen LogP contribution is 2.14. The van der Waals surface area contributed by atoms with Gasteiger partial charge in [-0.2, -0.15) is 0 Å². The van der Waals surface area contributed by atoms with Crippen LogP contribution in [0.5, 0.6) is 0 Å². The van der Waals surface area contributed by atoms with Gasteiger partial charge in [0.2, 0.25) is 0 Å². The van der Waals surface area contributed by atoms with E-state index in [1.165, 1.54) is 6.42 Å². The fraction of sp³-hybridized carbons (Fsp3) is 0.929. The van der Waals surface area contributed by atoms with E-state index in [0.29, 0.717) is 12.5 Å². The molecule has 17 heavy (non-hydrogen) atoms. The van der Waals surface area contributed by atoms with Crippen molar-refractivity contribution in [1.82, 2.24) is 0 Å². The van der Waals surface area contributed by atoms with Gasteiger partial charge >= 0.3 is 6.16 Å². The second kappa shape index (κ2) is 9.32. The van der Waals surface area contributed by atoms with Crippen molar-refractivity contribution in [3.63, 3.8) is 0 Å². The molecule has 1 unspecified atom stereocenters. The molecule has 0 aromatic carbocycles. The number of carbonyl (C=O) groups is 1. The van der Waals surface area contributed by atoms with E-state index >= 15 is 0 Å². The van der Waals surface area contributed by atoms with Gasteiger partial charge in [-0.05, 0) is 18.3 Å². The van der Waals surface area contributed by atoms with E-state index in [2.05, 4.69) is 13.8 Å². The van der Waals surface area contributed by atoms with Crippen molar-refractivity contribution >= 4 is 6.16 Å². The van der Waals surface area contributed by atoms with Crippen molar-refractivity contribution in [2.45, 2.75) is 67.9 Å². The summed E-state index contributed by atoms with van der Waals surface area (Å²) in [5.41, 5.74) is -0.0138. The summed E-state index contributed by atoms with van der Waals surface area (Å²) in [7, 11) is 0. The lowest BCUT2D eigenvalue weighted by atomic mass is 9.99. The largest absolute Gasteiger partial charge is 0.508 e. The maximum atomic E-state index is 11.2. The number of hydrogen-bond acceptors (Lipinski definition) is 3. The second-order valence-electron chi connectivity index (χ2n) is 5.87. The van der Waals surface area contributed by atoms with E-state index < -0.39 is 6.16 Å². The highest BCUT2D eigenvalue weighted by atomic mass is 16.7. The first-order chi connectivity index (χ1) is 7.64. The van der Waals surface area contributed by atoms with Gasteiger partial charge in [-0.3, -0.25) is 0 Å². The lowest BCUT2D eigenvalue weighted by Crippen LogP contribution is -2.24. The van der Waals surface area contributed by atoms with Crippen molar-refractivity contribution < 1.29 is 14.3 Å². The minimum Gasteiger partial charge on any atom is -0.434 e. The summed E-state index contributed by atoms with van der Waals surface area (Å²) < 4.78 is 10.0. The number of ether oxygens (including phenoxy) is 2. The van der Waals surface area contributed by atoms with Crippen LogP contribution in [0.15, 0.2) is 0 Å². The highest BCUT2D eigenvalue weighted by Gasteiger charge is 2.17. The molecular weight excluding hydrogens is 216 g/mol. The van der Waals surface area contributed by atoms with E-state index in [-0.39, 0.29) is 11.5 Å². The van der Waals surface area contributed by atoms with Gasteiger partial charge in [-0.15, -0.1) is 0 Å². The van der Waals surface area contributed by atoms with Crippen LogP contribution in [0.4, 0.5) is 4.79 Å². The SMILES string of the molecule is CC(C)C(C)OC(=O)OCC(C)(C)C.CCC. The fourth-order valence-electron chi connectivity index (χ4n) is 0.597. The van der Waals surface area contributed by atoms with Gasteiger partial charge in [0.15, 0.2) is 0 Å². The molecule has 0 aromatic heterocycles. The van der Waals surface area contributed by atoms with E-state index in [0.717, 1.165) is 0 Å². The Hall–Kier alpha value is -0.730. The molecule has 0 aliphatic heterocycles. The van der Waals surface area contributed by atoms with Gasteiger partial charge in [0, 0.05) is 0 Å². The van der Waals surface area contributed by atoms with Crippen LogP contribution < -0.4 is 0 Å². The first kappa shape index (κ1) is 18.6. The number of carbonyl (C=O) groups excluding carboxylic acids is 1. The molecule has 0 heterocycles. The average molecular weight is 246 g/mol. The molecule has 0 saturated heterocycles. The molecule has 1 atom stereocenters. The molecular formula is C14H30O3. The Bertz CT molecular complexity index is 192. The predicted molar refractivity (Wildman–Crippen MR) is 72.2 cm³/mol. The van der Waals surface area contributed by atoms with Gasteiger partial charge in [0.1, 0.15) is 6.10 Å². The third-order valence-electron chi connectivity index (χ3n) is 1.84. The van der Waals surface area contributed by atoms with Crippen LogP contribution in [0.1, 0.15) is 61.8 Å². The Labute approximate surface area is 107 Å². The Kier molecular flexibility index (Phi) is 10.2. The van der Waals surface area contributed by atoms with Crippen LogP contribution in [-0.4, -0.2) is 18.9 Å². The maximum absolute atomic E-state index is 11.2. The fourth-order valence-corrected chi connectivity index (χ4v) is 0.597. The smallest absolute Gasteiger partial charge is 0.434 e. The van der Waals surface area contributed by atoms with Crippen LogP contribution in [0.25, 0.3) is 0 Å². The molecule has 0 rings (SSSR count). The third-order valence-corrected chi connectivity index (χ3v) is 1.84. The maximum Gasteiger partial charge on any atom is 0.508 e. The molecule has 0 amide bonds. The molecule has 0 N–H and O–H groups in total. The van der Waals surface area contributed by atoms with Crippen molar-refractivity contribution in [2.75, 3.05) is 6.61 Å². The molecule has 0 radical (unpaired) electrons. The molecule has 3 nitrogen and oxygen atoms in total. The predicted octanol–water partition coefficient (Wildman–Crippen LogP) is 4.65. The molecule has 0 fully saturated rings. The molecule has 0 aromatic rings. The number of hydrogen-bond donors (Lipinski definition) is 0. The first-order valence-corrected chi connectivity index (χ1v) is 6.47. The van der Waals surface area contributed by atoms with Gasteiger partial charge in [-0.1, -0.05) is 54.9 Å². The zero-order valence-corrected chi connectivity index (χ0v) is 12.8. The van der Waals surface area contributed by atoms with Gasteiger partial charge in [-0.25, -0.2) is 4.79 Å². The Morgan fingerprint density at radius 3 is 1.82 bits per heavy atom.